The van der Waals surface area contributed by atoms with Crippen LogP contribution in [0.25, 0.3) is 0 Å². The smallest absolute Gasteiger partial charge is 0.309 e. The van der Waals surface area contributed by atoms with E-state index in [9.17, 15) is 4.79 Å². The predicted octanol–water partition coefficient (Wildman–Crippen LogP) is 4.92. The molecule has 1 fully saturated rings. The molecule has 4 heteroatoms. The molecule has 0 radical (unpaired) electrons. The van der Waals surface area contributed by atoms with Crippen LogP contribution in [0.15, 0.2) is 36.4 Å². The molecular weight excluding hydrogens is 398 g/mol. The number of benzene rings is 2. The number of methoxy groups -OCH3 is 2. The first-order valence-electron chi connectivity index (χ1n) is 11.5. The van der Waals surface area contributed by atoms with E-state index in [1.807, 2.05) is 24.3 Å². The van der Waals surface area contributed by atoms with Gasteiger partial charge in [0.2, 0.25) is 0 Å². The Morgan fingerprint density at radius 3 is 2.44 bits per heavy atom. The number of fused-ring (bicyclic) bond motifs is 1. The number of hydrogen-bond acceptors (Lipinski definition) is 4. The molecule has 2 aromatic rings. The Hall–Kier alpha value is -2.77. The minimum atomic E-state index is -0.238. The maximum atomic E-state index is 11.4. The molecule has 168 valence electrons. The van der Waals surface area contributed by atoms with Gasteiger partial charge >= 0.3 is 5.97 Å². The van der Waals surface area contributed by atoms with E-state index >= 15 is 0 Å². The van der Waals surface area contributed by atoms with Gasteiger partial charge in [-0.15, -0.1) is 0 Å². The summed E-state index contributed by atoms with van der Waals surface area (Å²) >= 11 is 0. The number of carbonyl (C=O) groups excluding carboxylic acids is 1. The molecule has 4 rings (SSSR count). The van der Waals surface area contributed by atoms with Crippen molar-refractivity contribution in [3.8, 4) is 17.6 Å². The number of hydrogen-bond donors (Lipinski definition) is 1. The van der Waals surface area contributed by atoms with Crippen molar-refractivity contribution in [3.05, 3.63) is 64.2 Å². The highest BCUT2D eigenvalue weighted by atomic mass is 16.5. The summed E-state index contributed by atoms with van der Waals surface area (Å²) in [5.74, 6) is 8.13. The second kappa shape index (κ2) is 9.38. The van der Waals surface area contributed by atoms with Gasteiger partial charge in [0.15, 0.2) is 0 Å². The molecule has 1 atom stereocenters. The fourth-order valence-electron chi connectivity index (χ4n) is 4.50. The molecule has 0 bridgehead atoms. The SMILES string of the molecule is COC(=O)Cc1ccc(C#Cc2cc(OC)c3c(c2)C(C)(C)CCC3NCC2CC2)cc1. The number of rotatable bonds is 6. The third-order valence-electron chi connectivity index (χ3n) is 6.73. The average Bonchev–Trinajstić information content (AvgIpc) is 3.62. The first-order valence-corrected chi connectivity index (χ1v) is 11.5. The number of nitrogens with one attached hydrogen (secondary N) is 1. The highest BCUT2D eigenvalue weighted by Crippen LogP contribution is 2.46. The van der Waals surface area contributed by atoms with E-state index < -0.39 is 0 Å². The van der Waals surface area contributed by atoms with E-state index in [1.165, 1.54) is 31.1 Å². The Kier molecular flexibility index (Phi) is 6.58. The molecule has 0 heterocycles. The molecule has 1 saturated carbocycles. The molecule has 4 nitrogen and oxygen atoms in total. The molecule has 0 spiro atoms. The van der Waals surface area contributed by atoms with E-state index in [0.29, 0.717) is 6.04 Å². The van der Waals surface area contributed by atoms with Gasteiger partial charge in [-0.25, -0.2) is 0 Å². The summed E-state index contributed by atoms with van der Waals surface area (Å²) in [7, 11) is 3.16. The quantitative estimate of drug-likeness (QED) is 0.521. The normalized spacial score (nSPS) is 18.8. The molecule has 2 aromatic carbocycles. The summed E-state index contributed by atoms with van der Waals surface area (Å²) in [6, 6.07) is 12.4. The van der Waals surface area contributed by atoms with Crippen LogP contribution in [-0.2, 0) is 21.4 Å². The highest BCUT2D eigenvalue weighted by molar-refractivity contribution is 5.72. The fraction of sp³-hybridized carbons (Fsp3) is 0.464. The Bertz CT molecular complexity index is 1040. The van der Waals surface area contributed by atoms with Crippen molar-refractivity contribution in [2.75, 3.05) is 20.8 Å². The summed E-state index contributed by atoms with van der Waals surface area (Å²) < 4.78 is 10.6. The van der Waals surface area contributed by atoms with Gasteiger partial charge in [-0.3, -0.25) is 4.79 Å². The van der Waals surface area contributed by atoms with Gasteiger partial charge in [0, 0.05) is 22.7 Å². The van der Waals surface area contributed by atoms with E-state index in [0.717, 1.165) is 47.7 Å². The maximum absolute atomic E-state index is 11.4. The van der Waals surface area contributed by atoms with Crippen molar-refractivity contribution in [3.63, 3.8) is 0 Å². The minimum Gasteiger partial charge on any atom is -0.496 e. The molecule has 0 amide bonds. The van der Waals surface area contributed by atoms with Crippen molar-refractivity contribution in [1.82, 2.24) is 5.32 Å². The molecule has 0 saturated heterocycles. The third kappa shape index (κ3) is 5.16. The lowest BCUT2D eigenvalue weighted by Crippen LogP contribution is -2.34. The van der Waals surface area contributed by atoms with Gasteiger partial charge in [-0.2, -0.15) is 0 Å². The monoisotopic (exact) mass is 431 g/mol. The molecule has 0 aromatic heterocycles. The molecule has 1 unspecified atom stereocenters. The van der Waals surface area contributed by atoms with Crippen LogP contribution in [0.3, 0.4) is 0 Å². The maximum Gasteiger partial charge on any atom is 0.309 e. The number of esters is 1. The molecule has 1 N–H and O–H groups in total. The molecular formula is C28H33NO3. The Labute approximate surface area is 191 Å². The lowest BCUT2D eigenvalue weighted by molar-refractivity contribution is -0.139. The summed E-state index contributed by atoms with van der Waals surface area (Å²) in [4.78, 5) is 11.4. The summed E-state index contributed by atoms with van der Waals surface area (Å²) in [5, 5.41) is 3.80. The van der Waals surface area contributed by atoms with Crippen molar-refractivity contribution in [2.24, 2.45) is 5.92 Å². The van der Waals surface area contributed by atoms with E-state index in [4.69, 9.17) is 9.47 Å². The summed E-state index contributed by atoms with van der Waals surface area (Å²) in [5.41, 5.74) is 5.54. The molecule has 0 aliphatic heterocycles. The Morgan fingerprint density at radius 2 is 1.78 bits per heavy atom. The van der Waals surface area contributed by atoms with E-state index in [2.05, 4.69) is 43.1 Å². The van der Waals surface area contributed by atoms with Gasteiger partial charge < -0.3 is 14.8 Å². The largest absolute Gasteiger partial charge is 0.496 e. The molecule has 2 aliphatic carbocycles. The van der Waals surface area contributed by atoms with Crippen molar-refractivity contribution >= 4 is 5.97 Å². The minimum absolute atomic E-state index is 0.0909. The second-order valence-corrected chi connectivity index (χ2v) is 9.67. The van der Waals surface area contributed by atoms with Crippen LogP contribution in [0.5, 0.6) is 5.75 Å². The summed E-state index contributed by atoms with van der Waals surface area (Å²) in [6.07, 6.45) is 5.26. The van der Waals surface area contributed by atoms with Crippen LogP contribution in [-0.4, -0.2) is 26.7 Å². The van der Waals surface area contributed by atoms with Crippen molar-refractivity contribution in [2.45, 2.75) is 57.4 Å². The lowest BCUT2D eigenvalue weighted by atomic mass is 9.70. The zero-order chi connectivity index (χ0) is 22.7. The van der Waals surface area contributed by atoms with Gasteiger partial charge in [-0.05, 0) is 79.0 Å². The van der Waals surface area contributed by atoms with Crippen molar-refractivity contribution in [1.29, 1.82) is 0 Å². The zero-order valence-electron chi connectivity index (χ0n) is 19.6. The zero-order valence-corrected chi connectivity index (χ0v) is 19.6. The van der Waals surface area contributed by atoms with E-state index in [1.54, 1.807) is 7.11 Å². The fourth-order valence-corrected chi connectivity index (χ4v) is 4.50. The van der Waals surface area contributed by atoms with Gasteiger partial charge in [0.05, 0.1) is 20.6 Å². The number of ether oxygens (including phenoxy) is 2. The van der Waals surface area contributed by atoms with Crippen LogP contribution in [0, 0.1) is 17.8 Å². The first kappa shape index (κ1) is 22.4. The Balaban J connectivity index is 1.60. The molecule has 2 aliphatic rings. The van der Waals surface area contributed by atoms with E-state index in [-0.39, 0.29) is 17.8 Å². The predicted molar refractivity (Wildman–Crippen MR) is 127 cm³/mol. The molecule has 32 heavy (non-hydrogen) atoms. The van der Waals surface area contributed by atoms with Crippen LogP contribution in [0.1, 0.15) is 73.4 Å². The average molecular weight is 432 g/mol. The van der Waals surface area contributed by atoms with Gasteiger partial charge in [0.25, 0.3) is 0 Å². The van der Waals surface area contributed by atoms with Crippen LogP contribution in [0.4, 0.5) is 0 Å². The third-order valence-corrected chi connectivity index (χ3v) is 6.73. The lowest BCUT2D eigenvalue weighted by Gasteiger charge is -2.38. The van der Waals surface area contributed by atoms with Crippen LogP contribution >= 0.6 is 0 Å². The number of carbonyl (C=O) groups is 1. The summed E-state index contributed by atoms with van der Waals surface area (Å²) in [6.45, 7) is 5.74. The van der Waals surface area contributed by atoms with Crippen LogP contribution < -0.4 is 10.1 Å². The van der Waals surface area contributed by atoms with Crippen molar-refractivity contribution < 1.29 is 14.3 Å². The Morgan fingerprint density at radius 1 is 1.06 bits per heavy atom. The van der Waals surface area contributed by atoms with Gasteiger partial charge in [-0.1, -0.05) is 37.8 Å². The highest BCUT2D eigenvalue weighted by Gasteiger charge is 2.36. The van der Waals surface area contributed by atoms with Gasteiger partial charge in [0.1, 0.15) is 5.75 Å². The van der Waals surface area contributed by atoms with Crippen LogP contribution in [0.2, 0.25) is 0 Å². The topological polar surface area (TPSA) is 47.6 Å². The second-order valence-electron chi connectivity index (χ2n) is 9.67. The standard InChI is InChI=1S/C28H33NO3/c1-28(2)14-13-24(29-18-21-10-11-21)27-23(28)15-22(16-25(27)31-3)12-7-19-5-8-20(9-6-19)17-26(30)32-4/h5-6,8-9,15-16,21,24,29H,10-11,13-14,17-18H2,1-4H3. The first-order chi connectivity index (χ1) is 15.4.